The molecule has 1 aliphatic rings. The second kappa shape index (κ2) is 5.04. The number of aliphatic hydroxyl groups excluding tert-OH is 2. The Labute approximate surface area is 121 Å². The molecule has 2 aromatic heterocycles. The maximum absolute atomic E-state index is 12.5. The summed E-state index contributed by atoms with van der Waals surface area (Å²) in [6.07, 6.45) is -9.45. The number of aliphatic hydroxyl groups is 2. The van der Waals surface area contributed by atoms with Gasteiger partial charge in [0.05, 0.1) is 12.4 Å². The fourth-order valence-electron chi connectivity index (χ4n) is 2.40. The zero-order valence-corrected chi connectivity index (χ0v) is 11.0. The first-order chi connectivity index (χ1) is 10.3. The van der Waals surface area contributed by atoms with Gasteiger partial charge in [-0.15, -0.1) is 0 Å². The minimum absolute atomic E-state index is 0.100. The van der Waals surface area contributed by atoms with Crippen LogP contribution in [-0.4, -0.2) is 54.2 Å². The van der Waals surface area contributed by atoms with Gasteiger partial charge in [0.1, 0.15) is 17.9 Å². The summed E-state index contributed by atoms with van der Waals surface area (Å²) < 4.78 is 44.0. The van der Waals surface area contributed by atoms with Gasteiger partial charge in [0.2, 0.25) is 0 Å². The molecule has 0 aliphatic carbocycles. The van der Waals surface area contributed by atoms with E-state index in [1.54, 1.807) is 0 Å². The molecule has 8 nitrogen and oxygen atoms in total. The summed E-state index contributed by atoms with van der Waals surface area (Å²) in [5.74, 6) is 0.100. The van der Waals surface area contributed by atoms with Gasteiger partial charge in [-0.05, 0) is 0 Å². The highest BCUT2D eigenvalue weighted by atomic mass is 19.4. The lowest BCUT2D eigenvalue weighted by Gasteiger charge is -2.21. The molecule has 0 aromatic carbocycles. The average molecular weight is 319 g/mol. The van der Waals surface area contributed by atoms with Crippen molar-refractivity contribution in [3.8, 4) is 0 Å². The van der Waals surface area contributed by atoms with E-state index in [0.717, 1.165) is 0 Å². The Morgan fingerprint density at radius 2 is 2.09 bits per heavy atom. The van der Waals surface area contributed by atoms with Crippen molar-refractivity contribution < 1.29 is 28.1 Å². The fourth-order valence-corrected chi connectivity index (χ4v) is 2.40. The number of nitrogen functional groups attached to an aromatic ring is 1. The summed E-state index contributed by atoms with van der Waals surface area (Å²) in [6.45, 7) is 0. The normalized spacial score (nSPS) is 27.4. The summed E-state index contributed by atoms with van der Waals surface area (Å²) in [5, 5.41) is 19.2. The van der Waals surface area contributed by atoms with Crippen LogP contribution in [0.4, 0.5) is 19.0 Å². The zero-order valence-electron chi connectivity index (χ0n) is 11.0. The number of nitrogens with zero attached hydrogens (tertiary/aromatic N) is 4. The molecule has 2 aromatic rings. The molecule has 1 fully saturated rings. The van der Waals surface area contributed by atoms with Crippen molar-refractivity contribution in [2.24, 2.45) is 0 Å². The Balaban J connectivity index is 1.90. The average Bonchev–Trinajstić information content (AvgIpc) is 3.01. The Morgan fingerprint density at radius 1 is 1.36 bits per heavy atom. The van der Waals surface area contributed by atoms with Crippen molar-refractivity contribution in [2.45, 2.75) is 37.1 Å². The summed E-state index contributed by atoms with van der Waals surface area (Å²) in [4.78, 5) is 11.6. The highest BCUT2D eigenvalue weighted by molar-refractivity contribution is 5.81. The van der Waals surface area contributed by atoms with Crippen LogP contribution in [0.25, 0.3) is 11.2 Å². The summed E-state index contributed by atoms with van der Waals surface area (Å²) in [7, 11) is 0. The van der Waals surface area contributed by atoms with E-state index < -0.39 is 30.7 Å². The van der Waals surface area contributed by atoms with Gasteiger partial charge in [0.25, 0.3) is 0 Å². The van der Waals surface area contributed by atoms with Crippen molar-refractivity contribution in [2.75, 3.05) is 5.73 Å². The summed E-state index contributed by atoms with van der Waals surface area (Å²) >= 11 is 0. The van der Waals surface area contributed by atoms with Gasteiger partial charge in [-0.2, -0.15) is 13.2 Å². The first-order valence-electron chi connectivity index (χ1n) is 6.30. The molecule has 3 rings (SSSR count). The zero-order chi connectivity index (χ0) is 16.1. The lowest BCUT2D eigenvalue weighted by atomic mass is 10.1. The van der Waals surface area contributed by atoms with Crippen LogP contribution in [0.15, 0.2) is 12.7 Å². The largest absolute Gasteiger partial charge is 0.416 e. The molecule has 0 spiro atoms. The number of hydrogen-bond donors (Lipinski definition) is 3. The van der Waals surface area contributed by atoms with Crippen molar-refractivity contribution in [3.05, 3.63) is 12.7 Å². The van der Waals surface area contributed by atoms with Gasteiger partial charge >= 0.3 is 6.18 Å². The van der Waals surface area contributed by atoms with Crippen LogP contribution >= 0.6 is 0 Å². The number of imidazole rings is 1. The highest BCUT2D eigenvalue weighted by Gasteiger charge is 2.50. The minimum Gasteiger partial charge on any atom is -0.388 e. The number of halogens is 3. The molecule has 22 heavy (non-hydrogen) atoms. The molecule has 0 bridgehead atoms. The van der Waals surface area contributed by atoms with Crippen LogP contribution in [0.5, 0.6) is 0 Å². The van der Waals surface area contributed by atoms with Crippen molar-refractivity contribution in [3.63, 3.8) is 0 Å². The summed E-state index contributed by atoms with van der Waals surface area (Å²) in [6, 6.07) is 0. The predicted molar refractivity (Wildman–Crippen MR) is 66.3 cm³/mol. The Kier molecular flexibility index (Phi) is 3.42. The maximum Gasteiger partial charge on any atom is 0.416 e. The molecule has 0 radical (unpaired) electrons. The smallest absolute Gasteiger partial charge is 0.388 e. The topological polar surface area (TPSA) is 119 Å². The van der Waals surface area contributed by atoms with E-state index in [1.807, 2.05) is 0 Å². The van der Waals surface area contributed by atoms with E-state index in [-0.39, 0.29) is 23.4 Å². The number of fused-ring (bicyclic) bond motifs is 1. The highest BCUT2D eigenvalue weighted by Crippen LogP contribution is 2.36. The van der Waals surface area contributed by atoms with Crippen LogP contribution in [0.1, 0.15) is 12.6 Å². The van der Waals surface area contributed by atoms with Crippen molar-refractivity contribution >= 4 is 17.0 Å². The van der Waals surface area contributed by atoms with Gasteiger partial charge in [-0.3, -0.25) is 4.57 Å². The van der Waals surface area contributed by atoms with Crippen molar-refractivity contribution in [1.29, 1.82) is 0 Å². The maximum atomic E-state index is 12.5. The lowest BCUT2D eigenvalue weighted by Crippen LogP contribution is -2.39. The molecule has 1 aliphatic heterocycles. The van der Waals surface area contributed by atoms with E-state index in [0.29, 0.717) is 0 Å². The van der Waals surface area contributed by atoms with Crippen LogP contribution in [-0.2, 0) is 4.74 Å². The second-order valence-corrected chi connectivity index (χ2v) is 4.94. The molecule has 120 valence electrons. The SMILES string of the molecule is Nc1ncnc2c1ncn2[C@@H]1O[C@H](C(O)C(F)(F)F)C[C@H]1O. The van der Waals surface area contributed by atoms with E-state index >= 15 is 0 Å². The molecular formula is C11H12F3N5O3. The van der Waals surface area contributed by atoms with Gasteiger partial charge in [0.15, 0.2) is 23.8 Å². The third-order valence-electron chi connectivity index (χ3n) is 3.47. The quantitative estimate of drug-likeness (QED) is 0.711. The third-order valence-corrected chi connectivity index (χ3v) is 3.47. The molecule has 0 saturated carbocycles. The first kappa shape index (κ1) is 14.9. The van der Waals surface area contributed by atoms with Crippen LogP contribution in [0, 0.1) is 0 Å². The molecule has 1 unspecified atom stereocenters. The van der Waals surface area contributed by atoms with Gasteiger partial charge in [0, 0.05) is 6.42 Å². The standard InChI is InChI=1S/C11H12F3N5O3/c12-11(13,14)7(21)5-1-4(20)10(22-5)19-3-18-6-8(15)16-2-17-9(6)19/h2-5,7,10,20-21H,1H2,(H2,15,16,17)/t4-,5+,7?,10-/m1/s1. The van der Waals surface area contributed by atoms with E-state index in [9.17, 15) is 23.4 Å². The van der Waals surface area contributed by atoms with Gasteiger partial charge in [-0.1, -0.05) is 0 Å². The Morgan fingerprint density at radius 3 is 2.77 bits per heavy atom. The first-order valence-corrected chi connectivity index (χ1v) is 6.30. The number of alkyl halides is 3. The fraction of sp³-hybridized carbons (Fsp3) is 0.545. The van der Waals surface area contributed by atoms with Crippen molar-refractivity contribution in [1.82, 2.24) is 19.5 Å². The molecule has 3 heterocycles. The Bertz CT molecular complexity index is 691. The number of rotatable bonds is 2. The predicted octanol–water partition coefficient (Wildman–Crippen LogP) is -0.0199. The van der Waals surface area contributed by atoms with E-state index in [2.05, 4.69) is 15.0 Å². The monoisotopic (exact) mass is 319 g/mol. The molecule has 0 amide bonds. The molecule has 1 saturated heterocycles. The number of aromatic nitrogens is 4. The van der Waals surface area contributed by atoms with E-state index in [4.69, 9.17) is 10.5 Å². The molecular weight excluding hydrogens is 307 g/mol. The van der Waals surface area contributed by atoms with Gasteiger partial charge in [-0.25, -0.2) is 15.0 Å². The Hall–Kier alpha value is -1.98. The molecule has 11 heteroatoms. The molecule has 4 atom stereocenters. The van der Waals surface area contributed by atoms with E-state index in [1.165, 1.54) is 17.2 Å². The van der Waals surface area contributed by atoms with Gasteiger partial charge < -0.3 is 20.7 Å². The van der Waals surface area contributed by atoms with Crippen LogP contribution in [0.3, 0.4) is 0 Å². The number of hydrogen-bond acceptors (Lipinski definition) is 7. The lowest BCUT2D eigenvalue weighted by molar-refractivity contribution is -0.237. The third kappa shape index (κ3) is 2.36. The second-order valence-electron chi connectivity index (χ2n) is 4.94. The van der Waals surface area contributed by atoms with Crippen LogP contribution < -0.4 is 5.73 Å². The number of ether oxygens (including phenoxy) is 1. The number of nitrogens with two attached hydrogens (primary N) is 1. The summed E-state index contributed by atoms with van der Waals surface area (Å²) in [5.41, 5.74) is 6.09. The number of anilines is 1. The van der Waals surface area contributed by atoms with Crippen LogP contribution in [0.2, 0.25) is 0 Å². The minimum atomic E-state index is -4.83. The molecule has 4 N–H and O–H groups in total.